The van der Waals surface area contributed by atoms with Gasteiger partial charge >= 0.3 is 6.61 Å². The number of nitrogens with zero attached hydrogens (tertiary/aromatic N) is 2. The summed E-state index contributed by atoms with van der Waals surface area (Å²) in [6.07, 6.45) is 0. The lowest BCUT2D eigenvalue weighted by atomic mass is 10.2. The topological polar surface area (TPSA) is 44.1 Å². The summed E-state index contributed by atoms with van der Waals surface area (Å²) >= 11 is 1.30. The van der Waals surface area contributed by atoms with Gasteiger partial charge in [0.15, 0.2) is 5.16 Å². The first-order valence-corrected chi connectivity index (χ1v) is 8.16. The number of rotatable bonds is 5. The Morgan fingerprint density at radius 3 is 2.67 bits per heavy atom. The largest absolute Gasteiger partial charge is 0.435 e. The van der Waals surface area contributed by atoms with Crippen molar-refractivity contribution in [1.82, 2.24) is 9.55 Å². The van der Waals surface area contributed by atoms with Crippen LogP contribution in [0.1, 0.15) is 5.56 Å². The van der Waals surface area contributed by atoms with Crippen molar-refractivity contribution >= 4 is 22.7 Å². The molecule has 0 N–H and O–H groups in total. The average molecular weight is 348 g/mol. The molecule has 1 heterocycles. The van der Waals surface area contributed by atoms with E-state index >= 15 is 0 Å². The lowest BCUT2D eigenvalue weighted by molar-refractivity contribution is -0.0503. The number of thioether (sulfide) groups is 1. The summed E-state index contributed by atoms with van der Waals surface area (Å²) in [7, 11) is 1.64. The third-order valence-electron chi connectivity index (χ3n) is 3.49. The molecular weight excluding hydrogens is 334 g/mol. The van der Waals surface area contributed by atoms with E-state index in [9.17, 15) is 13.6 Å². The van der Waals surface area contributed by atoms with E-state index in [1.165, 1.54) is 22.4 Å². The molecule has 0 saturated carbocycles. The molecule has 3 aromatic rings. The maximum atomic E-state index is 12.5. The van der Waals surface area contributed by atoms with Crippen molar-refractivity contribution in [2.45, 2.75) is 17.5 Å². The summed E-state index contributed by atoms with van der Waals surface area (Å²) in [4.78, 5) is 16.8. The lowest BCUT2D eigenvalue weighted by Gasteiger charge is -2.11. The average Bonchev–Trinajstić information content (AvgIpc) is 2.57. The second-order valence-electron chi connectivity index (χ2n) is 5.05. The molecule has 0 fully saturated rings. The minimum absolute atomic E-state index is 0.130. The van der Waals surface area contributed by atoms with E-state index in [0.29, 0.717) is 27.4 Å². The monoisotopic (exact) mass is 348 g/mol. The van der Waals surface area contributed by atoms with E-state index in [0.717, 1.165) is 0 Å². The summed E-state index contributed by atoms with van der Waals surface area (Å²) in [6, 6.07) is 13.7. The molecule has 1 aromatic heterocycles. The molecule has 0 unspecified atom stereocenters. The summed E-state index contributed by atoms with van der Waals surface area (Å²) in [6.45, 7) is -2.88. The summed E-state index contributed by atoms with van der Waals surface area (Å²) in [5.74, 6) is 0.493. The van der Waals surface area contributed by atoms with Crippen LogP contribution in [0.25, 0.3) is 10.9 Å². The number of aromatic nitrogens is 2. The van der Waals surface area contributed by atoms with Crippen LogP contribution in [0, 0.1) is 0 Å². The third kappa shape index (κ3) is 3.41. The van der Waals surface area contributed by atoms with Gasteiger partial charge in [0.25, 0.3) is 5.56 Å². The van der Waals surface area contributed by atoms with Crippen molar-refractivity contribution in [3.05, 3.63) is 64.4 Å². The predicted molar refractivity (Wildman–Crippen MR) is 89.6 cm³/mol. The second kappa shape index (κ2) is 7.00. The zero-order chi connectivity index (χ0) is 17.1. The van der Waals surface area contributed by atoms with Crippen LogP contribution in [0.5, 0.6) is 5.75 Å². The molecule has 4 nitrogen and oxygen atoms in total. The Hall–Kier alpha value is -2.41. The van der Waals surface area contributed by atoms with Gasteiger partial charge in [-0.05, 0) is 18.2 Å². The first-order chi connectivity index (χ1) is 11.6. The zero-order valence-corrected chi connectivity index (χ0v) is 13.6. The molecule has 0 aliphatic heterocycles. The van der Waals surface area contributed by atoms with Crippen LogP contribution >= 0.6 is 11.8 Å². The van der Waals surface area contributed by atoms with Gasteiger partial charge in [-0.15, -0.1) is 0 Å². The zero-order valence-electron chi connectivity index (χ0n) is 12.8. The number of para-hydroxylation sites is 2. The summed E-state index contributed by atoms with van der Waals surface area (Å²) in [5, 5.41) is 1.07. The second-order valence-corrected chi connectivity index (χ2v) is 5.99. The normalized spacial score (nSPS) is 11.2. The number of fused-ring (bicyclic) bond motifs is 1. The van der Waals surface area contributed by atoms with Crippen molar-refractivity contribution in [3.8, 4) is 5.75 Å². The Balaban J connectivity index is 1.89. The number of hydrogen-bond donors (Lipinski definition) is 0. The molecule has 0 radical (unpaired) electrons. The summed E-state index contributed by atoms with van der Waals surface area (Å²) in [5.41, 5.74) is 1.09. The van der Waals surface area contributed by atoms with Crippen LogP contribution in [0.15, 0.2) is 58.5 Å². The third-order valence-corrected chi connectivity index (χ3v) is 4.57. The number of ether oxygens (including phenoxy) is 1. The maximum Gasteiger partial charge on any atom is 0.387 e. The molecule has 0 amide bonds. The molecule has 7 heteroatoms. The van der Waals surface area contributed by atoms with Crippen LogP contribution in [0.3, 0.4) is 0 Å². The van der Waals surface area contributed by atoms with E-state index in [4.69, 9.17) is 0 Å². The van der Waals surface area contributed by atoms with Gasteiger partial charge in [-0.3, -0.25) is 9.36 Å². The fraction of sp³-hybridized carbons (Fsp3) is 0.176. The highest BCUT2D eigenvalue weighted by molar-refractivity contribution is 7.98. The van der Waals surface area contributed by atoms with Gasteiger partial charge in [0.1, 0.15) is 5.75 Å². The number of halogens is 2. The lowest BCUT2D eigenvalue weighted by Crippen LogP contribution is -2.19. The van der Waals surface area contributed by atoms with Crippen LogP contribution in [-0.2, 0) is 12.8 Å². The number of alkyl halides is 2. The van der Waals surface area contributed by atoms with Gasteiger partial charge in [-0.1, -0.05) is 42.1 Å². The quantitative estimate of drug-likeness (QED) is 0.519. The van der Waals surface area contributed by atoms with Gasteiger partial charge in [0, 0.05) is 18.4 Å². The Labute approximate surface area is 141 Å². The van der Waals surface area contributed by atoms with Gasteiger partial charge < -0.3 is 4.74 Å². The minimum atomic E-state index is -2.88. The van der Waals surface area contributed by atoms with E-state index in [-0.39, 0.29) is 11.3 Å². The Bertz CT molecular complexity index is 928. The van der Waals surface area contributed by atoms with Crippen LogP contribution in [0.4, 0.5) is 8.78 Å². The van der Waals surface area contributed by atoms with Gasteiger partial charge in [0.05, 0.1) is 10.9 Å². The van der Waals surface area contributed by atoms with E-state index < -0.39 is 6.61 Å². The minimum Gasteiger partial charge on any atom is -0.435 e. The highest BCUT2D eigenvalue weighted by atomic mass is 32.2. The molecule has 0 spiro atoms. The predicted octanol–water partition coefficient (Wildman–Crippen LogP) is 3.83. The van der Waals surface area contributed by atoms with Crippen molar-refractivity contribution < 1.29 is 13.5 Å². The molecule has 0 aliphatic carbocycles. The summed E-state index contributed by atoms with van der Waals surface area (Å²) < 4.78 is 30.9. The molecule has 0 atom stereocenters. The van der Waals surface area contributed by atoms with E-state index in [1.807, 2.05) is 6.07 Å². The fourth-order valence-electron chi connectivity index (χ4n) is 2.30. The molecule has 3 rings (SSSR count). The Kier molecular flexibility index (Phi) is 4.80. The van der Waals surface area contributed by atoms with Crippen molar-refractivity contribution in [2.24, 2.45) is 7.05 Å². The van der Waals surface area contributed by atoms with E-state index in [2.05, 4.69) is 9.72 Å². The maximum absolute atomic E-state index is 12.5. The fourth-order valence-corrected chi connectivity index (χ4v) is 3.27. The van der Waals surface area contributed by atoms with Crippen molar-refractivity contribution in [1.29, 1.82) is 0 Å². The van der Waals surface area contributed by atoms with Crippen molar-refractivity contribution in [3.63, 3.8) is 0 Å². The van der Waals surface area contributed by atoms with E-state index in [1.54, 1.807) is 43.4 Å². The first-order valence-electron chi connectivity index (χ1n) is 7.17. The molecular formula is C17H14F2N2O2S. The SMILES string of the molecule is Cn1c(SCc2ccccc2OC(F)F)nc2ccccc2c1=O. The Morgan fingerprint density at radius 1 is 1.17 bits per heavy atom. The standard InChI is InChI=1S/C17H14F2N2O2S/c1-21-15(22)12-7-3-4-8-13(12)20-17(21)24-10-11-6-2-5-9-14(11)23-16(18)19/h2-9,16H,10H2,1H3. The van der Waals surface area contributed by atoms with Crippen molar-refractivity contribution in [2.75, 3.05) is 0 Å². The Morgan fingerprint density at radius 2 is 1.88 bits per heavy atom. The highest BCUT2D eigenvalue weighted by Gasteiger charge is 2.12. The van der Waals surface area contributed by atoms with Crippen LogP contribution in [-0.4, -0.2) is 16.2 Å². The first kappa shape index (κ1) is 16.4. The van der Waals surface area contributed by atoms with Gasteiger partial charge in [-0.2, -0.15) is 8.78 Å². The van der Waals surface area contributed by atoms with Crippen LogP contribution in [0.2, 0.25) is 0 Å². The van der Waals surface area contributed by atoms with Crippen LogP contribution < -0.4 is 10.3 Å². The molecule has 0 aliphatic rings. The highest BCUT2D eigenvalue weighted by Crippen LogP contribution is 2.28. The number of benzene rings is 2. The molecule has 24 heavy (non-hydrogen) atoms. The van der Waals surface area contributed by atoms with Gasteiger partial charge in [-0.25, -0.2) is 4.98 Å². The smallest absolute Gasteiger partial charge is 0.387 e. The molecule has 124 valence electrons. The number of hydrogen-bond acceptors (Lipinski definition) is 4. The molecule has 2 aromatic carbocycles. The molecule has 0 saturated heterocycles. The molecule has 0 bridgehead atoms. The van der Waals surface area contributed by atoms with Gasteiger partial charge in [0.2, 0.25) is 0 Å².